The predicted octanol–water partition coefficient (Wildman–Crippen LogP) is 26.5. The van der Waals surface area contributed by atoms with Crippen LogP contribution in [0.25, 0.3) is 165 Å². The number of hydrogen-bond donors (Lipinski definition) is 0. The van der Waals surface area contributed by atoms with E-state index in [1.54, 1.807) is 0 Å². The van der Waals surface area contributed by atoms with E-state index in [9.17, 15) is 0 Å². The fourth-order valence-electron chi connectivity index (χ4n) is 20.3. The molecule has 0 bridgehead atoms. The number of aromatic nitrogens is 5. The van der Waals surface area contributed by atoms with Gasteiger partial charge in [0.1, 0.15) is 5.82 Å². The molecule has 17 aromatic carbocycles. The standard InChI is InChI=1S/C103H59N5S2/c1-2-25-61(26-3-1)75-59-92(104-84-44-18-11-32-70(75)84)107-86-54-50-62-27-6-7-29-65(62)94(86)96-88(107)56-52-83-100(96)110-91-47-21-17-42-80(91)103(83)78-40-15-10-33-73(78)93-71(37-23-43-81(93)103)66-35-22-36-72-67(66)51-55-87-95(72)97-89(108(87)101-105-85-45-19-12-34-74(85)98(106-101)64-49-48-60-24-4-5-28-63(60)58-64)57-53-82-99(97)109-90-46-20-16-41-79(90)102(82)76-38-13-8-30-68(76)69-31-9-14-39-77(69)102/h1-59H. The summed E-state index contributed by atoms with van der Waals surface area (Å²) in [4.78, 5) is 22.0. The lowest BCUT2D eigenvalue weighted by molar-refractivity contribution is 0.726. The van der Waals surface area contributed by atoms with Gasteiger partial charge in [0, 0.05) is 57.5 Å². The van der Waals surface area contributed by atoms with Crippen molar-refractivity contribution in [2.45, 2.75) is 30.4 Å². The van der Waals surface area contributed by atoms with E-state index in [1.165, 1.54) is 151 Å². The molecule has 5 nitrogen and oxygen atoms in total. The smallest absolute Gasteiger partial charge is 0.235 e. The van der Waals surface area contributed by atoms with Crippen LogP contribution in [-0.4, -0.2) is 24.1 Å². The molecule has 0 N–H and O–H groups in total. The van der Waals surface area contributed by atoms with Crippen LogP contribution in [0, 0.1) is 0 Å². The molecule has 2 aliphatic heterocycles. The van der Waals surface area contributed by atoms with E-state index >= 15 is 0 Å². The molecule has 0 amide bonds. The Labute approximate surface area is 641 Å². The minimum absolute atomic E-state index is 0.605. The van der Waals surface area contributed by atoms with Gasteiger partial charge in [0.2, 0.25) is 5.95 Å². The fourth-order valence-corrected chi connectivity index (χ4v) is 23.0. The lowest BCUT2D eigenvalue weighted by Gasteiger charge is -2.40. The number of nitrogens with zero attached hydrogens (tertiary/aromatic N) is 5. The van der Waals surface area contributed by atoms with E-state index in [1.807, 2.05) is 23.5 Å². The Hall–Kier alpha value is -13.4. The third-order valence-corrected chi connectivity index (χ3v) is 27.0. The zero-order chi connectivity index (χ0) is 71.7. The topological polar surface area (TPSA) is 48.5 Å². The molecule has 508 valence electrons. The van der Waals surface area contributed by atoms with Crippen molar-refractivity contribution in [2.75, 3.05) is 0 Å². The molecule has 6 heterocycles. The summed E-state index contributed by atoms with van der Waals surface area (Å²) >= 11 is 3.83. The first-order chi connectivity index (χ1) is 54.6. The molecule has 1 unspecified atom stereocenters. The van der Waals surface area contributed by atoms with E-state index in [0.717, 1.165) is 72.1 Å². The highest BCUT2D eigenvalue weighted by Gasteiger charge is 2.53. The summed E-state index contributed by atoms with van der Waals surface area (Å²) in [6.45, 7) is 0. The Morgan fingerprint density at radius 3 is 1.45 bits per heavy atom. The Balaban J connectivity index is 0.760. The van der Waals surface area contributed by atoms with Crippen molar-refractivity contribution >= 4 is 121 Å². The summed E-state index contributed by atoms with van der Waals surface area (Å²) in [5, 5.41) is 14.1. The second-order valence-electron chi connectivity index (χ2n) is 29.8. The average molecular weight is 1430 g/mol. The maximum absolute atomic E-state index is 5.80. The third kappa shape index (κ3) is 7.96. The van der Waals surface area contributed by atoms with Crippen LogP contribution >= 0.6 is 23.5 Å². The molecule has 25 rings (SSSR count). The number of hydrogen-bond acceptors (Lipinski definition) is 5. The van der Waals surface area contributed by atoms with Gasteiger partial charge in [-0.1, -0.05) is 321 Å². The normalized spacial score (nSPS) is 14.8. The van der Waals surface area contributed by atoms with Crippen LogP contribution in [0.4, 0.5) is 0 Å². The van der Waals surface area contributed by atoms with Gasteiger partial charge >= 0.3 is 0 Å². The van der Waals surface area contributed by atoms with E-state index in [2.05, 4.69) is 367 Å². The number of fused-ring (bicyclic) bond motifs is 33. The van der Waals surface area contributed by atoms with Crippen LogP contribution in [0.1, 0.15) is 44.5 Å². The van der Waals surface area contributed by atoms with Gasteiger partial charge in [-0.2, -0.15) is 0 Å². The van der Waals surface area contributed by atoms with Gasteiger partial charge in [-0.3, -0.25) is 9.13 Å². The molecule has 2 aliphatic carbocycles. The number of benzene rings is 17. The van der Waals surface area contributed by atoms with Gasteiger partial charge in [-0.05, 0) is 182 Å². The first-order valence-electron chi connectivity index (χ1n) is 37.8. The molecule has 0 saturated heterocycles. The Bertz CT molecular complexity index is 7650. The quantitative estimate of drug-likeness (QED) is 0.172. The molecule has 7 heteroatoms. The minimum Gasteiger partial charge on any atom is -0.294 e. The molecule has 4 aromatic heterocycles. The van der Waals surface area contributed by atoms with Crippen LogP contribution in [0.5, 0.6) is 0 Å². The van der Waals surface area contributed by atoms with Crippen molar-refractivity contribution < 1.29 is 0 Å². The number of pyridine rings is 1. The SMILES string of the molecule is c1ccc(-c2cc(-n3c4ccc5c(c4c4c6ccccc6ccc43)Sc3ccccc3C53c4ccccc4-c4c(-c5cccc6c5ccc5c6c6c7c(ccc6n5-c5nc(-c6ccc8ccccc8c6)c6ccccc6n5)C5(c6ccccc6S7)c6ccccc6-c6ccccc65)cccc43)nc3ccccc23)cc1. The fraction of sp³-hybridized carbons (Fsp3) is 0.0194. The number of rotatable bonds is 5. The molecular weight excluding hydrogens is 1370 g/mol. The molecule has 4 aliphatic rings. The molecule has 21 aromatic rings. The average Bonchev–Trinajstić information content (AvgIpc) is 1.50. The molecule has 110 heavy (non-hydrogen) atoms. The summed E-state index contributed by atoms with van der Waals surface area (Å²) in [6, 6.07) is 134. The summed E-state index contributed by atoms with van der Waals surface area (Å²) in [6.07, 6.45) is 0. The highest BCUT2D eigenvalue weighted by molar-refractivity contribution is 8.00. The second-order valence-corrected chi connectivity index (χ2v) is 31.9. The van der Waals surface area contributed by atoms with Crippen LogP contribution in [0.3, 0.4) is 0 Å². The summed E-state index contributed by atoms with van der Waals surface area (Å²) in [5.74, 6) is 1.51. The van der Waals surface area contributed by atoms with E-state index in [-0.39, 0.29) is 0 Å². The molecule has 0 fully saturated rings. The Kier molecular flexibility index (Phi) is 12.5. The second kappa shape index (κ2) is 22.6. The van der Waals surface area contributed by atoms with Gasteiger partial charge in [0.05, 0.1) is 49.6 Å². The molecule has 1 atom stereocenters. The van der Waals surface area contributed by atoms with Crippen molar-refractivity contribution in [1.82, 2.24) is 24.1 Å². The summed E-state index contributed by atoms with van der Waals surface area (Å²) in [7, 11) is 0. The van der Waals surface area contributed by atoms with E-state index in [0.29, 0.717) is 5.95 Å². The number of para-hydroxylation sites is 2. The van der Waals surface area contributed by atoms with Gasteiger partial charge in [-0.15, -0.1) is 0 Å². The van der Waals surface area contributed by atoms with Crippen molar-refractivity contribution in [3.63, 3.8) is 0 Å². The maximum atomic E-state index is 5.80. The highest BCUT2D eigenvalue weighted by atomic mass is 32.2. The van der Waals surface area contributed by atoms with Crippen LogP contribution < -0.4 is 0 Å². The monoisotopic (exact) mass is 1430 g/mol. The zero-order valence-electron chi connectivity index (χ0n) is 59.1. The van der Waals surface area contributed by atoms with Crippen LogP contribution in [-0.2, 0) is 10.8 Å². The third-order valence-electron chi connectivity index (χ3n) is 24.6. The van der Waals surface area contributed by atoms with Crippen molar-refractivity contribution in [1.29, 1.82) is 0 Å². The van der Waals surface area contributed by atoms with Gasteiger partial charge in [0.15, 0.2) is 0 Å². The molecule has 0 saturated carbocycles. The van der Waals surface area contributed by atoms with Gasteiger partial charge in [-0.25, -0.2) is 15.0 Å². The van der Waals surface area contributed by atoms with E-state index < -0.39 is 10.8 Å². The summed E-state index contributed by atoms with van der Waals surface area (Å²) < 4.78 is 4.83. The van der Waals surface area contributed by atoms with Crippen molar-refractivity contribution in [3.8, 4) is 67.5 Å². The first kappa shape index (κ1) is 60.7. The molecular formula is C103H59N5S2. The van der Waals surface area contributed by atoms with Gasteiger partial charge < -0.3 is 0 Å². The van der Waals surface area contributed by atoms with Gasteiger partial charge in [0.25, 0.3) is 0 Å². The zero-order valence-corrected chi connectivity index (χ0v) is 60.7. The maximum Gasteiger partial charge on any atom is 0.235 e. The largest absolute Gasteiger partial charge is 0.294 e. The highest BCUT2D eigenvalue weighted by Crippen LogP contribution is 2.67. The first-order valence-corrected chi connectivity index (χ1v) is 39.4. The van der Waals surface area contributed by atoms with Crippen molar-refractivity contribution in [2.24, 2.45) is 0 Å². The molecule has 2 spiro atoms. The minimum atomic E-state index is -0.717. The van der Waals surface area contributed by atoms with E-state index in [4.69, 9.17) is 15.0 Å². The van der Waals surface area contributed by atoms with Crippen LogP contribution in [0.15, 0.2) is 377 Å². The Morgan fingerprint density at radius 1 is 0.245 bits per heavy atom. The molecule has 0 radical (unpaired) electrons. The van der Waals surface area contributed by atoms with Crippen LogP contribution in [0.2, 0.25) is 0 Å². The van der Waals surface area contributed by atoms with Crippen molar-refractivity contribution in [3.05, 3.63) is 402 Å². The predicted molar refractivity (Wildman–Crippen MR) is 455 cm³/mol. The Morgan fingerprint density at radius 2 is 0.727 bits per heavy atom. The lowest BCUT2D eigenvalue weighted by atomic mass is 9.67. The summed E-state index contributed by atoms with van der Waals surface area (Å²) in [5.41, 5.74) is 26.9. The lowest BCUT2D eigenvalue weighted by Crippen LogP contribution is -2.32.